The number of allylic oxidation sites excluding steroid dienone is 2. The summed E-state index contributed by atoms with van der Waals surface area (Å²) in [6, 6.07) is 0. The summed E-state index contributed by atoms with van der Waals surface area (Å²) in [5.74, 6) is 0. The van der Waals surface area contributed by atoms with Gasteiger partial charge in [-0.3, -0.25) is 4.99 Å². The Morgan fingerprint density at radius 2 is 2.08 bits per heavy atom. The lowest BCUT2D eigenvalue weighted by Gasteiger charge is -2.07. The minimum atomic E-state index is 1.06. The van der Waals surface area contributed by atoms with Gasteiger partial charge in [0.2, 0.25) is 0 Å². The highest BCUT2D eigenvalue weighted by atomic mass is 14.9. The summed E-state index contributed by atoms with van der Waals surface area (Å²) in [6.07, 6.45) is 7.36. The summed E-state index contributed by atoms with van der Waals surface area (Å²) in [5, 5.41) is 3.38. The van der Waals surface area contributed by atoms with E-state index in [4.69, 9.17) is 0 Å². The zero-order valence-corrected chi connectivity index (χ0v) is 8.43. The summed E-state index contributed by atoms with van der Waals surface area (Å²) in [7, 11) is 1.79. The summed E-state index contributed by atoms with van der Waals surface area (Å²) in [5.41, 5.74) is 1.30. The van der Waals surface area contributed by atoms with E-state index in [1.807, 2.05) is 6.21 Å². The molecule has 0 aromatic rings. The van der Waals surface area contributed by atoms with Gasteiger partial charge in [0.05, 0.1) is 0 Å². The van der Waals surface area contributed by atoms with Crippen LogP contribution in [0.1, 0.15) is 33.1 Å². The molecule has 0 aliphatic heterocycles. The first-order valence-electron chi connectivity index (χ1n) is 4.70. The Hall–Kier alpha value is -0.790. The van der Waals surface area contributed by atoms with Crippen LogP contribution in [-0.2, 0) is 0 Å². The molecule has 12 heavy (non-hydrogen) atoms. The Morgan fingerprint density at radius 3 is 2.58 bits per heavy atom. The van der Waals surface area contributed by atoms with Gasteiger partial charge in [0.15, 0.2) is 0 Å². The van der Waals surface area contributed by atoms with Crippen molar-refractivity contribution in [3.05, 3.63) is 11.8 Å². The minimum Gasteiger partial charge on any atom is -0.388 e. The monoisotopic (exact) mass is 168 g/mol. The fraction of sp³-hybridized carbons (Fsp3) is 0.700. The zero-order valence-electron chi connectivity index (χ0n) is 8.43. The molecule has 2 nitrogen and oxygen atoms in total. The standard InChI is InChI=1S/C10H20N2/c1-4-6-10(7-9-11-3)12-8-5-2/h7,9,12H,4-6,8H2,1-3H3/b10-7+,11-9-. The number of aliphatic imine (C=N–C) groups is 1. The molecule has 1 N–H and O–H groups in total. The average Bonchev–Trinajstić information content (AvgIpc) is 2.10. The fourth-order valence-corrected chi connectivity index (χ4v) is 0.950. The molecule has 0 amide bonds. The lowest BCUT2D eigenvalue weighted by molar-refractivity contribution is 0.718. The molecular weight excluding hydrogens is 148 g/mol. The van der Waals surface area contributed by atoms with E-state index in [0.717, 1.165) is 13.0 Å². The molecule has 70 valence electrons. The largest absolute Gasteiger partial charge is 0.388 e. The van der Waals surface area contributed by atoms with Crippen LogP contribution in [0.4, 0.5) is 0 Å². The number of nitrogens with one attached hydrogen (secondary N) is 1. The van der Waals surface area contributed by atoms with Crippen LogP contribution in [0.2, 0.25) is 0 Å². The van der Waals surface area contributed by atoms with Crippen LogP contribution in [0.15, 0.2) is 16.8 Å². The predicted octanol–water partition coefficient (Wildman–Crippen LogP) is 2.37. The summed E-state index contributed by atoms with van der Waals surface area (Å²) >= 11 is 0. The van der Waals surface area contributed by atoms with Crippen molar-refractivity contribution in [2.24, 2.45) is 4.99 Å². The molecule has 0 unspecified atom stereocenters. The Kier molecular flexibility index (Phi) is 7.76. The van der Waals surface area contributed by atoms with Crippen molar-refractivity contribution >= 4 is 6.21 Å². The highest BCUT2D eigenvalue weighted by Gasteiger charge is 1.91. The van der Waals surface area contributed by atoms with Crippen molar-refractivity contribution in [2.75, 3.05) is 13.6 Å². The SMILES string of the molecule is CCCN/C(=C/C=N\C)CCC. The van der Waals surface area contributed by atoms with Gasteiger partial charge in [-0.1, -0.05) is 20.3 Å². The van der Waals surface area contributed by atoms with Crippen molar-refractivity contribution in [2.45, 2.75) is 33.1 Å². The molecule has 0 heterocycles. The molecule has 0 saturated heterocycles. The van der Waals surface area contributed by atoms with Crippen LogP contribution in [0.5, 0.6) is 0 Å². The third-order valence-corrected chi connectivity index (χ3v) is 1.55. The first-order valence-corrected chi connectivity index (χ1v) is 4.70. The quantitative estimate of drug-likeness (QED) is 0.605. The maximum atomic E-state index is 3.92. The average molecular weight is 168 g/mol. The molecule has 0 bridgehead atoms. The van der Waals surface area contributed by atoms with E-state index in [1.54, 1.807) is 7.05 Å². The number of nitrogens with zero attached hydrogens (tertiary/aromatic N) is 1. The lowest BCUT2D eigenvalue weighted by atomic mass is 10.2. The van der Waals surface area contributed by atoms with E-state index in [0.29, 0.717) is 0 Å². The van der Waals surface area contributed by atoms with Gasteiger partial charge in [-0.2, -0.15) is 0 Å². The lowest BCUT2D eigenvalue weighted by Crippen LogP contribution is -2.14. The van der Waals surface area contributed by atoms with Crippen molar-refractivity contribution < 1.29 is 0 Å². The first-order chi connectivity index (χ1) is 5.85. The molecular formula is C10H20N2. The minimum absolute atomic E-state index is 1.06. The second kappa shape index (κ2) is 8.31. The maximum Gasteiger partial charge on any atom is 0.0277 e. The van der Waals surface area contributed by atoms with E-state index in [-0.39, 0.29) is 0 Å². The van der Waals surface area contributed by atoms with Crippen molar-refractivity contribution in [1.29, 1.82) is 0 Å². The molecule has 2 heteroatoms. The van der Waals surface area contributed by atoms with Gasteiger partial charge in [0, 0.05) is 25.5 Å². The van der Waals surface area contributed by atoms with E-state index in [2.05, 4.69) is 30.2 Å². The molecule has 0 aliphatic carbocycles. The molecule has 0 fully saturated rings. The van der Waals surface area contributed by atoms with Gasteiger partial charge >= 0.3 is 0 Å². The Morgan fingerprint density at radius 1 is 1.33 bits per heavy atom. The molecule has 0 atom stereocenters. The molecule has 0 saturated carbocycles. The molecule has 0 radical (unpaired) electrons. The Bertz CT molecular complexity index is 148. The van der Waals surface area contributed by atoms with Gasteiger partial charge < -0.3 is 5.32 Å². The Labute approximate surface area is 75.8 Å². The topological polar surface area (TPSA) is 24.4 Å². The molecule has 0 rings (SSSR count). The summed E-state index contributed by atoms with van der Waals surface area (Å²) in [4.78, 5) is 3.92. The van der Waals surface area contributed by atoms with Gasteiger partial charge in [-0.25, -0.2) is 0 Å². The van der Waals surface area contributed by atoms with E-state index in [9.17, 15) is 0 Å². The van der Waals surface area contributed by atoms with E-state index in [1.165, 1.54) is 18.5 Å². The third kappa shape index (κ3) is 5.96. The molecule has 0 aromatic heterocycles. The highest BCUT2D eigenvalue weighted by Crippen LogP contribution is 1.99. The van der Waals surface area contributed by atoms with Crippen LogP contribution in [0.25, 0.3) is 0 Å². The van der Waals surface area contributed by atoms with Crippen LogP contribution < -0.4 is 5.32 Å². The second-order valence-corrected chi connectivity index (χ2v) is 2.78. The molecule has 0 aliphatic rings. The zero-order chi connectivity index (χ0) is 9.23. The smallest absolute Gasteiger partial charge is 0.0277 e. The van der Waals surface area contributed by atoms with Crippen LogP contribution >= 0.6 is 0 Å². The normalized spacial score (nSPS) is 12.4. The van der Waals surface area contributed by atoms with Crippen LogP contribution in [0.3, 0.4) is 0 Å². The third-order valence-electron chi connectivity index (χ3n) is 1.55. The maximum absolute atomic E-state index is 3.92. The van der Waals surface area contributed by atoms with Gasteiger partial charge in [0.25, 0.3) is 0 Å². The van der Waals surface area contributed by atoms with Gasteiger partial charge in [-0.15, -0.1) is 0 Å². The number of rotatable bonds is 6. The highest BCUT2D eigenvalue weighted by molar-refractivity contribution is 5.71. The summed E-state index contributed by atoms with van der Waals surface area (Å²) in [6.45, 7) is 5.42. The van der Waals surface area contributed by atoms with Crippen LogP contribution in [-0.4, -0.2) is 19.8 Å². The second-order valence-electron chi connectivity index (χ2n) is 2.78. The molecule has 0 spiro atoms. The van der Waals surface area contributed by atoms with Crippen molar-refractivity contribution in [3.63, 3.8) is 0 Å². The number of hydrogen-bond acceptors (Lipinski definition) is 2. The number of hydrogen-bond donors (Lipinski definition) is 1. The van der Waals surface area contributed by atoms with Crippen LogP contribution in [0, 0.1) is 0 Å². The van der Waals surface area contributed by atoms with Crippen molar-refractivity contribution in [3.8, 4) is 0 Å². The fourth-order valence-electron chi connectivity index (χ4n) is 0.950. The summed E-state index contributed by atoms with van der Waals surface area (Å²) < 4.78 is 0. The predicted molar refractivity (Wildman–Crippen MR) is 55.7 cm³/mol. The van der Waals surface area contributed by atoms with E-state index >= 15 is 0 Å². The van der Waals surface area contributed by atoms with Crippen molar-refractivity contribution in [1.82, 2.24) is 5.32 Å². The molecule has 0 aromatic carbocycles. The first kappa shape index (κ1) is 11.2. The Balaban J connectivity index is 3.84. The van der Waals surface area contributed by atoms with Gasteiger partial charge in [0.1, 0.15) is 0 Å². The van der Waals surface area contributed by atoms with Gasteiger partial charge in [-0.05, 0) is 18.9 Å². The van der Waals surface area contributed by atoms with E-state index < -0.39 is 0 Å².